The van der Waals surface area contributed by atoms with Crippen LogP contribution in [0.4, 0.5) is 36.2 Å². The Hall–Kier alpha value is -3.00. The van der Waals surface area contributed by atoms with Crippen LogP contribution in [0.25, 0.3) is 0 Å². The van der Waals surface area contributed by atoms with Gasteiger partial charge in [-0.05, 0) is 30.2 Å². The summed E-state index contributed by atoms with van der Waals surface area (Å²) in [6, 6.07) is 13.4. The van der Waals surface area contributed by atoms with Crippen LogP contribution in [0.3, 0.4) is 0 Å². The number of rotatable bonds is 6. The third-order valence-electron chi connectivity index (χ3n) is 3.97. The predicted octanol–water partition coefficient (Wildman–Crippen LogP) is 5.13. The van der Waals surface area contributed by atoms with Crippen LogP contribution in [-0.4, -0.2) is 16.5 Å². The number of alkyl halides is 3. The Labute approximate surface area is 164 Å². The SMILES string of the molecule is Nc1c(NCCc2ccccc2)ncnc1Nc1ccc(Cl)c(C(F)(F)F)c1. The van der Waals surface area contributed by atoms with Crippen LogP contribution < -0.4 is 16.4 Å². The molecule has 1 aromatic heterocycles. The van der Waals surface area contributed by atoms with Crippen LogP contribution in [-0.2, 0) is 12.6 Å². The van der Waals surface area contributed by atoms with E-state index in [2.05, 4.69) is 20.6 Å². The van der Waals surface area contributed by atoms with E-state index in [0.717, 1.165) is 18.1 Å². The summed E-state index contributed by atoms with van der Waals surface area (Å²) in [5, 5.41) is 5.52. The van der Waals surface area contributed by atoms with E-state index in [1.165, 1.54) is 18.5 Å². The number of nitrogen functional groups attached to an aromatic ring is 1. The van der Waals surface area contributed by atoms with Crippen molar-refractivity contribution in [2.45, 2.75) is 12.6 Å². The lowest BCUT2D eigenvalue weighted by molar-refractivity contribution is -0.137. The number of nitrogens with zero attached hydrogens (tertiary/aromatic N) is 2. The number of nitrogens with one attached hydrogen (secondary N) is 2. The first-order valence-corrected chi connectivity index (χ1v) is 8.74. The average Bonchev–Trinajstić information content (AvgIpc) is 2.66. The fourth-order valence-corrected chi connectivity index (χ4v) is 2.79. The molecule has 146 valence electrons. The van der Waals surface area contributed by atoms with Gasteiger partial charge in [0.25, 0.3) is 0 Å². The van der Waals surface area contributed by atoms with Gasteiger partial charge in [0.1, 0.15) is 12.0 Å². The predicted molar refractivity (Wildman–Crippen MR) is 105 cm³/mol. The highest BCUT2D eigenvalue weighted by Crippen LogP contribution is 2.37. The molecular weight excluding hydrogens is 391 g/mol. The lowest BCUT2D eigenvalue weighted by atomic mass is 10.1. The summed E-state index contributed by atoms with van der Waals surface area (Å²) < 4.78 is 39.1. The molecule has 5 nitrogen and oxygen atoms in total. The van der Waals surface area contributed by atoms with Gasteiger partial charge in [-0.15, -0.1) is 0 Å². The zero-order valence-corrected chi connectivity index (χ0v) is 15.3. The Balaban J connectivity index is 1.73. The van der Waals surface area contributed by atoms with Gasteiger partial charge in [0.05, 0.1) is 10.6 Å². The summed E-state index contributed by atoms with van der Waals surface area (Å²) in [6.45, 7) is 0.587. The Morgan fingerprint density at radius 3 is 2.43 bits per heavy atom. The minimum absolute atomic E-state index is 0.164. The van der Waals surface area contributed by atoms with Crippen LogP contribution >= 0.6 is 11.6 Å². The zero-order valence-electron chi connectivity index (χ0n) is 14.6. The van der Waals surface area contributed by atoms with Crippen LogP contribution in [0, 0.1) is 0 Å². The number of hydrogen-bond donors (Lipinski definition) is 3. The van der Waals surface area contributed by atoms with E-state index in [4.69, 9.17) is 17.3 Å². The molecule has 9 heteroatoms. The van der Waals surface area contributed by atoms with Gasteiger partial charge in [0.2, 0.25) is 0 Å². The number of halogens is 4. The fraction of sp³-hybridized carbons (Fsp3) is 0.158. The van der Waals surface area contributed by atoms with E-state index >= 15 is 0 Å². The molecule has 0 saturated heterocycles. The van der Waals surface area contributed by atoms with Gasteiger partial charge >= 0.3 is 6.18 Å². The van der Waals surface area contributed by atoms with Gasteiger partial charge in [-0.3, -0.25) is 0 Å². The molecule has 0 saturated carbocycles. The Morgan fingerprint density at radius 1 is 1.00 bits per heavy atom. The summed E-state index contributed by atoms with van der Waals surface area (Å²) in [4.78, 5) is 8.11. The number of aromatic nitrogens is 2. The molecule has 0 radical (unpaired) electrons. The lowest BCUT2D eigenvalue weighted by Gasteiger charge is -2.14. The maximum absolute atomic E-state index is 13.0. The zero-order chi connectivity index (χ0) is 20.1. The molecule has 0 fully saturated rings. The van der Waals surface area contributed by atoms with Crippen LogP contribution in [0.5, 0.6) is 0 Å². The first kappa shape index (κ1) is 19.8. The van der Waals surface area contributed by atoms with Crippen molar-refractivity contribution in [2.24, 2.45) is 0 Å². The Kier molecular flexibility index (Phi) is 5.89. The van der Waals surface area contributed by atoms with Crippen LogP contribution in [0.1, 0.15) is 11.1 Å². The van der Waals surface area contributed by atoms with Crippen molar-refractivity contribution in [3.05, 3.63) is 71.0 Å². The molecule has 0 aliphatic carbocycles. The Morgan fingerprint density at radius 2 is 1.71 bits per heavy atom. The van der Waals surface area contributed by atoms with E-state index in [0.29, 0.717) is 12.4 Å². The van der Waals surface area contributed by atoms with Crippen molar-refractivity contribution in [1.29, 1.82) is 0 Å². The molecule has 0 atom stereocenters. The van der Waals surface area contributed by atoms with E-state index < -0.39 is 11.7 Å². The fourth-order valence-electron chi connectivity index (χ4n) is 2.56. The summed E-state index contributed by atoms with van der Waals surface area (Å²) in [5.41, 5.74) is 6.66. The van der Waals surface area contributed by atoms with Crippen LogP contribution in [0.15, 0.2) is 54.9 Å². The molecular formula is C19H17ClF3N5. The molecule has 0 spiro atoms. The van der Waals surface area contributed by atoms with Gasteiger partial charge < -0.3 is 16.4 Å². The summed E-state index contributed by atoms with van der Waals surface area (Å²) in [6.07, 6.45) is -2.51. The van der Waals surface area contributed by atoms with Gasteiger partial charge in [0.15, 0.2) is 11.6 Å². The number of anilines is 4. The molecule has 0 aliphatic heterocycles. The number of hydrogen-bond acceptors (Lipinski definition) is 5. The minimum atomic E-state index is -4.56. The van der Waals surface area contributed by atoms with Crippen molar-refractivity contribution < 1.29 is 13.2 Å². The van der Waals surface area contributed by atoms with Crippen molar-refractivity contribution in [1.82, 2.24) is 9.97 Å². The van der Waals surface area contributed by atoms with Crippen molar-refractivity contribution >= 4 is 34.6 Å². The molecule has 0 aliphatic rings. The highest BCUT2D eigenvalue weighted by molar-refractivity contribution is 6.31. The molecule has 28 heavy (non-hydrogen) atoms. The normalized spacial score (nSPS) is 11.3. The molecule has 1 heterocycles. The first-order chi connectivity index (χ1) is 13.3. The summed E-state index contributed by atoms with van der Waals surface area (Å²) >= 11 is 5.64. The van der Waals surface area contributed by atoms with Crippen molar-refractivity contribution in [3.8, 4) is 0 Å². The standard InChI is InChI=1S/C19H17ClF3N5/c20-15-7-6-13(10-14(15)19(21,22)23)28-18-16(24)17(26-11-27-18)25-9-8-12-4-2-1-3-5-12/h1-7,10-11H,8-9,24H2,(H2,25,26,27,28). The maximum atomic E-state index is 13.0. The Bertz CT molecular complexity index is 948. The monoisotopic (exact) mass is 407 g/mol. The van der Waals surface area contributed by atoms with E-state index in [1.807, 2.05) is 30.3 Å². The first-order valence-electron chi connectivity index (χ1n) is 8.36. The molecule has 3 rings (SSSR count). The molecule has 2 aromatic carbocycles. The third-order valence-corrected chi connectivity index (χ3v) is 4.30. The van der Waals surface area contributed by atoms with Crippen molar-refractivity contribution in [3.63, 3.8) is 0 Å². The smallest absolute Gasteiger partial charge is 0.393 e. The molecule has 0 amide bonds. The number of nitrogens with two attached hydrogens (primary N) is 1. The minimum Gasteiger partial charge on any atom is -0.393 e. The molecule has 3 aromatic rings. The summed E-state index contributed by atoms with van der Waals surface area (Å²) in [5.74, 6) is 0.603. The van der Waals surface area contributed by atoms with Gasteiger partial charge in [0, 0.05) is 12.2 Å². The highest BCUT2D eigenvalue weighted by atomic mass is 35.5. The molecule has 4 N–H and O–H groups in total. The average molecular weight is 408 g/mol. The van der Waals surface area contributed by atoms with E-state index in [-0.39, 0.29) is 22.2 Å². The van der Waals surface area contributed by atoms with Crippen LogP contribution in [0.2, 0.25) is 5.02 Å². The quantitative estimate of drug-likeness (QED) is 0.528. The second kappa shape index (κ2) is 8.35. The van der Waals surface area contributed by atoms with Gasteiger partial charge in [-0.2, -0.15) is 13.2 Å². The lowest BCUT2D eigenvalue weighted by Crippen LogP contribution is -2.11. The highest BCUT2D eigenvalue weighted by Gasteiger charge is 2.33. The number of benzene rings is 2. The summed E-state index contributed by atoms with van der Waals surface area (Å²) in [7, 11) is 0. The second-order valence-electron chi connectivity index (χ2n) is 5.96. The van der Waals surface area contributed by atoms with E-state index in [1.54, 1.807) is 0 Å². The van der Waals surface area contributed by atoms with Gasteiger partial charge in [-0.1, -0.05) is 41.9 Å². The largest absolute Gasteiger partial charge is 0.417 e. The van der Waals surface area contributed by atoms with Gasteiger partial charge in [-0.25, -0.2) is 9.97 Å². The second-order valence-corrected chi connectivity index (χ2v) is 6.37. The molecule has 0 unspecified atom stereocenters. The maximum Gasteiger partial charge on any atom is 0.417 e. The third kappa shape index (κ3) is 4.83. The van der Waals surface area contributed by atoms with Crippen molar-refractivity contribution in [2.75, 3.05) is 22.9 Å². The topological polar surface area (TPSA) is 75.9 Å². The van der Waals surface area contributed by atoms with E-state index in [9.17, 15) is 13.2 Å². The molecule has 0 bridgehead atoms.